The number of halogens is 4. The maximum absolute atomic E-state index is 13.0. The topological polar surface area (TPSA) is 70.7 Å². The van der Waals surface area contributed by atoms with Crippen LogP contribution in [0.1, 0.15) is 12.5 Å². The van der Waals surface area contributed by atoms with Crippen molar-refractivity contribution in [1.29, 1.82) is 0 Å². The molecule has 1 aliphatic rings. The Labute approximate surface area is 147 Å². The minimum atomic E-state index is -4.65. The standard InChI is InChI=1S/C15H17ClF3N3O3/c1-9(23)22-4-5-25-11(8-22)7-20-14(24)21-13-3-2-10(16)6-12(13)15(17,18)19/h2-3,6,11H,4-5,7-8H2,1H3,(H2,20,21,24). The van der Waals surface area contributed by atoms with Gasteiger partial charge in [-0.15, -0.1) is 0 Å². The van der Waals surface area contributed by atoms with E-state index in [1.54, 1.807) is 4.90 Å². The zero-order valence-corrected chi connectivity index (χ0v) is 14.1. The van der Waals surface area contributed by atoms with Gasteiger partial charge >= 0.3 is 12.2 Å². The molecule has 0 aromatic heterocycles. The highest BCUT2D eigenvalue weighted by molar-refractivity contribution is 6.30. The van der Waals surface area contributed by atoms with Crippen LogP contribution in [0, 0.1) is 0 Å². The Bertz CT molecular complexity index is 655. The molecule has 1 saturated heterocycles. The van der Waals surface area contributed by atoms with Crippen LogP contribution in [-0.2, 0) is 15.7 Å². The summed E-state index contributed by atoms with van der Waals surface area (Å²) in [4.78, 5) is 24.8. The van der Waals surface area contributed by atoms with Crippen LogP contribution in [0.3, 0.4) is 0 Å². The second kappa shape index (κ2) is 7.92. The van der Waals surface area contributed by atoms with E-state index in [2.05, 4.69) is 10.6 Å². The molecule has 0 spiro atoms. The van der Waals surface area contributed by atoms with Gasteiger partial charge in [-0.3, -0.25) is 4.79 Å². The highest BCUT2D eigenvalue weighted by Crippen LogP contribution is 2.36. The summed E-state index contributed by atoms with van der Waals surface area (Å²) in [6.07, 6.45) is -5.07. The molecule has 0 radical (unpaired) electrons. The van der Waals surface area contributed by atoms with Gasteiger partial charge in [0.05, 0.1) is 24.0 Å². The Morgan fingerprint density at radius 2 is 2.12 bits per heavy atom. The monoisotopic (exact) mass is 379 g/mol. The van der Waals surface area contributed by atoms with Gasteiger partial charge in [-0.05, 0) is 18.2 Å². The lowest BCUT2D eigenvalue weighted by atomic mass is 10.1. The summed E-state index contributed by atoms with van der Waals surface area (Å²) in [6.45, 7) is 2.61. The molecule has 2 rings (SSSR count). The zero-order valence-electron chi connectivity index (χ0n) is 13.3. The minimum absolute atomic E-state index is 0.0601. The summed E-state index contributed by atoms with van der Waals surface area (Å²) in [7, 11) is 0. The number of alkyl halides is 3. The summed E-state index contributed by atoms with van der Waals surface area (Å²) in [6, 6.07) is 2.27. The lowest BCUT2D eigenvalue weighted by Gasteiger charge is -2.32. The van der Waals surface area contributed by atoms with E-state index < -0.39 is 29.6 Å². The van der Waals surface area contributed by atoms with Crippen molar-refractivity contribution in [3.63, 3.8) is 0 Å². The summed E-state index contributed by atoms with van der Waals surface area (Å²) >= 11 is 5.58. The summed E-state index contributed by atoms with van der Waals surface area (Å²) < 4.78 is 44.4. The third-order valence-corrected chi connectivity index (χ3v) is 3.84. The van der Waals surface area contributed by atoms with Gasteiger partial charge in [0, 0.05) is 31.6 Å². The molecule has 3 amide bonds. The number of urea groups is 1. The molecule has 1 aromatic carbocycles. The number of nitrogens with one attached hydrogen (secondary N) is 2. The van der Waals surface area contributed by atoms with Gasteiger partial charge in [-0.1, -0.05) is 11.6 Å². The average molecular weight is 380 g/mol. The van der Waals surface area contributed by atoms with E-state index in [9.17, 15) is 22.8 Å². The highest BCUT2D eigenvalue weighted by Gasteiger charge is 2.34. The molecular formula is C15H17ClF3N3O3. The van der Waals surface area contributed by atoms with Crippen LogP contribution in [-0.4, -0.2) is 49.2 Å². The SMILES string of the molecule is CC(=O)N1CCOC(CNC(=O)Nc2ccc(Cl)cc2C(F)(F)F)C1. The first-order chi connectivity index (χ1) is 11.7. The van der Waals surface area contributed by atoms with E-state index in [0.717, 1.165) is 12.1 Å². The van der Waals surface area contributed by atoms with Crippen molar-refractivity contribution in [2.24, 2.45) is 0 Å². The van der Waals surface area contributed by atoms with Crippen LogP contribution in [0.5, 0.6) is 0 Å². The third kappa shape index (κ3) is 5.50. The van der Waals surface area contributed by atoms with Gasteiger partial charge in [0.1, 0.15) is 0 Å². The second-order valence-electron chi connectivity index (χ2n) is 5.48. The molecule has 6 nitrogen and oxygen atoms in total. The third-order valence-electron chi connectivity index (χ3n) is 3.61. The summed E-state index contributed by atoms with van der Waals surface area (Å²) in [5, 5.41) is 4.51. The van der Waals surface area contributed by atoms with Crippen molar-refractivity contribution in [3.8, 4) is 0 Å². The van der Waals surface area contributed by atoms with E-state index in [0.29, 0.717) is 19.7 Å². The number of hydrogen-bond acceptors (Lipinski definition) is 3. The van der Waals surface area contributed by atoms with E-state index in [-0.39, 0.29) is 17.5 Å². The Hall–Kier alpha value is -2.00. The molecule has 1 atom stereocenters. The van der Waals surface area contributed by atoms with Gasteiger partial charge in [0.25, 0.3) is 0 Å². The first kappa shape index (κ1) is 19.3. The number of hydrogen-bond donors (Lipinski definition) is 2. The predicted molar refractivity (Wildman–Crippen MR) is 85.5 cm³/mol. The molecule has 1 fully saturated rings. The van der Waals surface area contributed by atoms with Crippen LogP contribution >= 0.6 is 11.6 Å². The lowest BCUT2D eigenvalue weighted by Crippen LogP contribution is -2.49. The fourth-order valence-corrected chi connectivity index (χ4v) is 2.53. The highest BCUT2D eigenvalue weighted by atomic mass is 35.5. The van der Waals surface area contributed by atoms with Crippen LogP contribution in [0.25, 0.3) is 0 Å². The second-order valence-corrected chi connectivity index (χ2v) is 5.92. The average Bonchev–Trinajstić information content (AvgIpc) is 2.54. The molecule has 1 heterocycles. The van der Waals surface area contributed by atoms with Gasteiger partial charge in [0.2, 0.25) is 5.91 Å². The molecule has 0 bridgehead atoms. The van der Waals surface area contributed by atoms with Crippen molar-refractivity contribution in [1.82, 2.24) is 10.2 Å². The van der Waals surface area contributed by atoms with Crippen LogP contribution in [0.4, 0.5) is 23.7 Å². The van der Waals surface area contributed by atoms with E-state index >= 15 is 0 Å². The summed E-state index contributed by atoms with van der Waals surface area (Å²) in [5.74, 6) is -0.103. The molecule has 138 valence electrons. The van der Waals surface area contributed by atoms with E-state index in [4.69, 9.17) is 16.3 Å². The first-order valence-corrected chi connectivity index (χ1v) is 7.83. The number of amides is 3. The maximum Gasteiger partial charge on any atom is 0.418 e. The molecule has 25 heavy (non-hydrogen) atoms. The molecule has 10 heteroatoms. The van der Waals surface area contributed by atoms with Crippen molar-refractivity contribution in [2.75, 3.05) is 31.6 Å². The fourth-order valence-electron chi connectivity index (χ4n) is 2.36. The fraction of sp³-hybridized carbons (Fsp3) is 0.467. The molecule has 0 saturated carbocycles. The number of morpholine rings is 1. The molecule has 0 aliphatic carbocycles. The molecular weight excluding hydrogens is 363 g/mol. The summed E-state index contributed by atoms with van der Waals surface area (Å²) in [5.41, 5.74) is -1.43. The molecule has 1 unspecified atom stereocenters. The minimum Gasteiger partial charge on any atom is -0.373 e. The normalized spacial score (nSPS) is 18.0. The smallest absolute Gasteiger partial charge is 0.373 e. The Balaban J connectivity index is 1.94. The van der Waals surface area contributed by atoms with Gasteiger partial charge in [-0.2, -0.15) is 13.2 Å². The molecule has 2 N–H and O–H groups in total. The quantitative estimate of drug-likeness (QED) is 0.848. The van der Waals surface area contributed by atoms with Crippen LogP contribution < -0.4 is 10.6 Å². The number of ether oxygens (including phenoxy) is 1. The lowest BCUT2D eigenvalue weighted by molar-refractivity contribution is -0.137. The number of rotatable bonds is 3. The Morgan fingerprint density at radius 3 is 2.76 bits per heavy atom. The first-order valence-electron chi connectivity index (χ1n) is 7.45. The largest absolute Gasteiger partial charge is 0.418 e. The molecule has 1 aromatic rings. The van der Waals surface area contributed by atoms with Crippen LogP contribution in [0.15, 0.2) is 18.2 Å². The number of carbonyl (C=O) groups is 2. The van der Waals surface area contributed by atoms with Crippen molar-refractivity contribution < 1.29 is 27.5 Å². The predicted octanol–water partition coefficient (Wildman–Crippen LogP) is 2.73. The van der Waals surface area contributed by atoms with Crippen LogP contribution in [0.2, 0.25) is 5.02 Å². The van der Waals surface area contributed by atoms with Gasteiger partial charge in [0.15, 0.2) is 0 Å². The van der Waals surface area contributed by atoms with Crippen molar-refractivity contribution >= 4 is 29.2 Å². The zero-order chi connectivity index (χ0) is 18.6. The Kier molecular flexibility index (Phi) is 6.12. The van der Waals surface area contributed by atoms with Gasteiger partial charge in [-0.25, -0.2) is 4.79 Å². The number of benzene rings is 1. The van der Waals surface area contributed by atoms with E-state index in [1.807, 2.05) is 0 Å². The van der Waals surface area contributed by atoms with Crippen molar-refractivity contribution in [2.45, 2.75) is 19.2 Å². The van der Waals surface area contributed by atoms with E-state index in [1.165, 1.54) is 13.0 Å². The number of carbonyl (C=O) groups excluding carboxylic acids is 2. The number of anilines is 1. The Morgan fingerprint density at radius 1 is 1.40 bits per heavy atom. The van der Waals surface area contributed by atoms with Gasteiger partial charge < -0.3 is 20.3 Å². The molecule has 1 aliphatic heterocycles. The number of nitrogens with zero attached hydrogens (tertiary/aromatic N) is 1. The van der Waals surface area contributed by atoms with Crippen molar-refractivity contribution in [3.05, 3.63) is 28.8 Å². The maximum atomic E-state index is 13.0.